The van der Waals surface area contributed by atoms with Gasteiger partial charge in [-0.15, -0.1) is 0 Å². The van der Waals surface area contributed by atoms with E-state index in [-0.39, 0.29) is 12.5 Å². The van der Waals surface area contributed by atoms with Gasteiger partial charge in [0.15, 0.2) is 6.61 Å². The van der Waals surface area contributed by atoms with Crippen LogP contribution in [0.3, 0.4) is 0 Å². The van der Waals surface area contributed by atoms with E-state index in [1.807, 2.05) is 33.8 Å². The summed E-state index contributed by atoms with van der Waals surface area (Å²) in [6.45, 7) is 15.2. The normalized spacial score (nSPS) is 10.2. The number of ether oxygens (including phenoxy) is 1. The van der Waals surface area contributed by atoms with Crippen molar-refractivity contribution in [1.29, 1.82) is 0 Å². The summed E-state index contributed by atoms with van der Waals surface area (Å²) in [7, 11) is 0. The monoisotopic (exact) mass is 275 g/mol. The third-order valence-electron chi connectivity index (χ3n) is 3.31. The molecule has 0 saturated carbocycles. The first-order valence-electron chi connectivity index (χ1n) is 6.98. The van der Waals surface area contributed by atoms with Gasteiger partial charge in [-0.05, 0) is 57.4 Å². The number of hydrogen-bond acceptors (Lipinski definition) is 2. The summed E-state index contributed by atoms with van der Waals surface area (Å²) in [6, 6.07) is 4.09. The lowest BCUT2D eigenvalue weighted by Gasteiger charge is -2.21. The highest BCUT2D eigenvalue weighted by Crippen LogP contribution is 2.23. The first kappa shape index (κ1) is 16.3. The Morgan fingerprint density at radius 3 is 2.50 bits per heavy atom. The van der Waals surface area contributed by atoms with E-state index in [4.69, 9.17) is 4.74 Å². The summed E-state index contributed by atoms with van der Waals surface area (Å²) in [5.74, 6) is 0.788. The number of rotatable bonds is 6. The summed E-state index contributed by atoms with van der Waals surface area (Å²) in [5, 5.41) is 0. The number of likely N-dealkylation sites (N-methyl/N-ethyl adjacent to an activating group) is 1. The number of amides is 1. The van der Waals surface area contributed by atoms with E-state index in [2.05, 4.69) is 19.6 Å². The molecule has 0 aliphatic rings. The van der Waals surface area contributed by atoms with E-state index >= 15 is 0 Å². The van der Waals surface area contributed by atoms with Gasteiger partial charge in [0.05, 0.1) is 0 Å². The molecule has 0 bridgehead atoms. The van der Waals surface area contributed by atoms with Gasteiger partial charge in [0.25, 0.3) is 5.91 Å². The summed E-state index contributed by atoms with van der Waals surface area (Å²) in [4.78, 5) is 13.9. The van der Waals surface area contributed by atoms with Gasteiger partial charge in [-0.1, -0.05) is 18.2 Å². The molecule has 0 saturated heterocycles. The van der Waals surface area contributed by atoms with Crippen LogP contribution >= 0.6 is 0 Å². The van der Waals surface area contributed by atoms with Crippen LogP contribution in [0.4, 0.5) is 0 Å². The maximum Gasteiger partial charge on any atom is 0.260 e. The second-order valence-electron chi connectivity index (χ2n) is 5.36. The van der Waals surface area contributed by atoms with Gasteiger partial charge < -0.3 is 9.64 Å². The number of nitrogens with zero attached hydrogens (tertiary/aromatic N) is 1. The van der Waals surface area contributed by atoms with Gasteiger partial charge in [0.2, 0.25) is 0 Å². The highest BCUT2D eigenvalue weighted by Gasteiger charge is 2.13. The Labute approximate surface area is 122 Å². The number of benzene rings is 1. The zero-order valence-corrected chi connectivity index (χ0v) is 13.2. The molecule has 1 aromatic carbocycles. The van der Waals surface area contributed by atoms with E-state index in [1.165, 1.54) is 5.56 Å². The standard InChI is InChI=1S/C17H25NO2/c1-7-18(10-12(2)3)17(19)11-20-16-9-13(4)8-14(5)15(16)6/h8-9H,2,7,10-11H2,1,3-6H3. The quantitative estimate of drug-likeness (QED) is 0.745. The lowest BCUT2D eigenvalue weighted by Crippen LogP contribution is -2.35. The van der Waals surface area contributed by atoms with Crippen molar-refractivity contribution < 1.29 is 9.53 Å². The molecule has 0 aromatic heterocycles. The van der Waals surface area contributed by atoms with Crippen LogP contribution in [-0.4, -0.2) is 30.5 Å². The molecule has 0 aliphatic carbocycles. The van der Waals surface area contributed by atoms with Crippen LogP contribution in [0, 0.1) is 20.8 Å². The zero-order chi connectivity index (χ0) is 15.3. The topological polar surface area (TPSA) is 29.5 Å². The summed E-state index contributed by atoms with van der Waals surface area (Å²) in [6.07, 6.45) is 0. The minimum atomic E-state index is -0.00550. The van der Waals surface area contributed by atoms with E-state index in [0.29, 0.717) is 13.1 Å². The van der Waals surface area contributed by atoms with Crippen molar-refractivity contribution in [3.05, 3.63) is 41.0 Å². The smallest absolute Gasteiger partial charge is 0.260 e. The number of hydrogen-bond donors (Lipinski definition) is 0. The van der Waals surface area contributed by atoms with E-state index < -0.39 is 0 Å². The minimum Gasteiger partial charge on any atom is -0.483 e. The molecule has 0 aliphatic heterocycles. The zero-order valence-electron chi connectivity index (χ0n) is 13.2. The Balaban J connectivity index is 2.71. The summed E-state index contributed by atoms with van der Waals surface area (Å²) in [5.41, 5.74) is 4.39. The highest BCUT2D eigenvalue weighted by atomic mass is 16.5. The second-order valence-corrected chi connectivity index (χ2v) is 5.36. The molecule has 0 heterocycles. The molecule has 110 valence electrons. The van der Waals surface area contributed by atoms with E-state index in [0.717, 1.165) is 22.4 Å². The summed E-state index contributed by atoms with van der Waals surface area (Å²) < 4.78 is 5.70. The number of carbonyl (C=O) groups is 1. The van der Waals surface area contributed by atoms with Gasteiger partial charge in [-0.25, -0.2) is 0 Å². The first-order valence-corrected chi connectivity index (χ1v) is 6.98. The average molecular weight is 275 g/mol. The molecule has 0 unspecified atom stereocenters. The Bertz CT molecular complexity index is 506. The van der Waals surface area contributed by atoms with Crippen molar-refractivity contribution in [3.8, 4) is 5.75 Å². The largest absolute Gasteiger partial charge is 0.483 e. The Hall–Kier alpha value is -1.77. The van der Waals surface area contributed by atoms with Crippen LogP contribution in [0.25, 0.3) is 0 Å². The van der Waals surface area contributed by atoms with E-state index in [9.17, 15) is 4.79 Å². The van der Waals surface area contributed by atoms with Crippen molar-refractivity contribution in [1.82, 2.24) is 4.90 Å². The van der Waals surface area contributed by atoms with Crippen molar-refractivity contribution in [3.63, 3.8) is 0 Å². The van der Waals surface area contributed by atoms with Crippen LogP contribution in [0.1, 0.15) is 30.5 Å². The number of aryl methyl sites for hydroxylation is 2. The molecule has 0 N–H and O–H groups in total. The first-order chi connectivity index (χ1) is 9.35. The molecule has 0 atom stereocenters. The van der Waals surface area contributed by atoms with Crippen molar-refractivity contribution in [2.24, 2.45) is 0 Å². The fourth-order valence-electron chi connectivity index (χ4n) is 2.08. The molecular formula is C17H25NO2. The maximum absolute atomic E-state index is 12.1. The Morgan fingerprint density at radius 2 is 1.95 bits per heavy atom. The van der Waals surface area contributed by atoms with Gasteiger partial charge in [0, 0.05) is 13.1 Å². The SMILES string of the molecule is C=C(C)CN(CC)C(=O)COc1cc(C)cc(C)c1C. The van der Waals surface area contributed by atoms with Crippen LogP contribution in [0.15, 0.2) is 24.3 Å². The Kier molecular flexibility index (Phi) is 5.81. The molecule has 3 nitrogen and oxygen atoms in total. The van der Waals surface area contributed by atoms with Crippen LogP contribution in [0.2, 0.25) is 0 Å². The molecule has 1 amide bonds. The van der Waals surface area contributed by atoms with Crippen molar-refractivity contribution in [2.45, 2.75) is 34.6 Å². The van der Waals surface area contributed by atoms with Gasteiger partial charge in [0.1, 0.15) is 5.75 Å². The van der Waals surface area contributed by atoms with Crippen LogP contribution in [-0.2, 0) is 4.79 Å². The molecule has 0 fully saturated rings. The minimum absolute atomic E-state index is 0.00550. The Morgan fingerprint density at radius 1 is 1.30 bits per heavy atom. The molecule has 0 spiro atoms. The van der Waals surface area contributed by atoms with Crippen LogP contribution in [0.5, 0.6) is 5.75 Å². The fraction of sp³-hybridized carbons (Fsp3) is 0.471. The molecule has 1 aromatic rings. The molecule has 20 heavy (non-hydrogen) atoms. The highest BCUT2D eigenvalue weighted by molar-refractivity contribution is 5.78. The predicted molar refractivity (Wildman–Crippen MR) is 83.2 cm³/mol. The fourth-order valence-corrected chi connectivity index (χ4v) is 2.08. The van der Waals surface area contributed by atoms with Crippen molar-refractivity contribution in [2.75, 3.05) is 19.7 Å². The van der Waals surface area contributed by atoms with E-state index in [1.54, 1.807) is 4.90 Å². The van der Waals surface area contributed by atoms with Gasteiger partial charge in [-0.3, -0.25) is 4.79 Å². The van der Waals surface area contributed by atoms with Crippen molar-refractivity contribution >= 4 is 5.91 Å². The number of carbonyl (C=O) groups excluding carboxylic acids is 1. The lowest BCUT2D eigenvalue weighted by molar-refractivity contribution is -0.132. The third kappa shape index (κ3) is 4.41. The summed E-state index contributed by atoms with van der Waals surface area (Å²) >= 11 is 0. The molecule has 0 radical (unpaired) electrons. The van der Waals surface area contributed by atoms with Gasteiger partial charge >= 0.3 is 0 Å². The molecule has 3 heteroatoms. The van der Waals surface area contributed by atoms with Gasteiger partial charge in [-0.2, -0.15) is 0 Å². The predicted octanol–water partition coefficient (Wildman–Crippen LogP) is 3.42. The molecule has 1 rings (SSSR count). The second kappa shape index (κ2) is 7.13. The molecular weight excluding hydrogens is 250 g/mol. The maximum atomic E-state index is 12.1. The van der Waals surface area contributed by atoms with Crippen LogP contribution < -0.4 is 4.74 Å². The third-order valence-corrected chi connectivity index (χ3v) is 3.31. The lowest BCUT2D eigenvalue weighted by atomic mass is 10.1. The average Bonchev–Trinajstić information content (AvgIpc) is 2.37.